The number of rotatable bonds is 6. The number of carbonyl (C=O) groups is 1. The van der Waals surface area contributed by atoms with Crippen LogP contribution in [0.25, 0.3) is 0 Å². The summed E-state index contributed by atoms with van der Waals surface area (Å²) >= 11 is 0. The minimum atomic E-state index is -0.860. The van der Waals surface area contributed by atoms with Crippen LogP contribution in [-0.2, 0) is 9.53 Å². The summed E-state index contributed by atoms with van der Waals surface area (Å²) < 4.78 is 9.74. The Morgan fingerprint density at radius 3 is 2.68 bits per heavy atom. The van der Waals surface area contributed by atoms with Crippen LogP contribution in [0.1, 0.15) is 0 Å². The van der Waals surface area contributed by atoms with Crippen LogP contribution in [0.4, 0.5) is 11.4 Å². The van der Waals surface area contributed by atoms with Gasteiger partial charge in [0, 0.05) is 13.7 Å². The first kappa shape index (κ1) is 14.9. The molecule has 0 radical (unpaired) electrons. The molecule has 1 aromatic carbocycles. The third-order valence-corrected chi connectivity index (χ3v) is 2.45. The summed E-state index contributed by atoms with van der Waals surface area (Å²) in [4.78, 5) is 22.0. The fourth-order valence-corrected chi connectivity index (χ4v) is 1.42. The second-order valence-electron chi connectivity index (χ2n) is 3.59. The van der Waals surface area contributed by atoms with Gasteiger partial charge in [-0.2, -0.15) is 0 Å². The Kier molecular flexibility index (Phi) is 5.22. The van der Waals surface area contributed by atoms with E-state index in [1.54, 1.807) is 0 Å². The number of nitro benzene ring substituents is 1. The molecule has 1 aromatic rings. The van der Waals surface area contributed by atoms with Gasteiger partial charge in [-0.3, -0.25) is 14.9 Å². The molecule has 1 unspecified atom stereocenters. The lowest BCUT2D eigenvalue weighted by atomic mass is 10.2. The summed E-state index contributed by atoms with van der Waals surface area (Å²) in [6.45, 7) is -0.0215. The van der Waals surface area contributed by atoms with E-state index in [-0.39, 0.29) is 17.9 Å². The smallest absolute Gasteiger partial charge is 0.296 e. The molecule has 0 saturated carbocycles. The van der Waals surface area contributed by atoms with Gasteiger partial charge in [0.25, 0.3) is 11.6 Å². The van der Waals surface area contributed by atoms with E-state index in [0.717, 1.165) is 0 Å². The van der Waals surface area contributed by atoms with Gasteiger partial charge in [-0.15, -0.1) is 0 Å². The predicted octanol–water partition coefficient (Wildman–Crippen LogP) is 0.516. The first-order valence-corrected chi connectivity index (χ1v) is 5.39. The molecule has 104 valence electrons. The Labute approximate surface area is 109 Å². The van der Waals surface area contributed by atoms with Crippen molar-refractivity contribution in [1.29, 1.82) is 0 Å². The first-order valence-electron chi connectivity index (χ1n) is 5.39. The van der Waals surface area contributed by atoms with Gasteiger partial charge in [-0.25, -0.2) is 0 Å². The zero-order valence-corrected chi connectivity index (χ0v) is 10.6. The Morgan fingerprint density at radius 1 is 1.53 bits per heavy atom. The largest absolute Gasteiger partial charge is 0.496 e. The van der Waals surface area contributed by atoms with Gasteiger partial charge < -0.3 is 20.5 Å². The Bertz CT molecular complexity index is 473. The van der Waals surface area contributed by atoms with Crippen molar-refractivity contribution < 1.29 is 19.2 Å². The van der Waals surface area contributed by atoms with Crippen LogP contribution in [0.15, 0.2) is 18.2 Å². The fraction of sp³-hybridized carbons (Fsp3) is 0.364. The third kappa shape index (κ3) is 3.63. The van der Waals surface area contributed by atoms with Gasteiger partial charge >= 0.3 is 0 Å². The molecule has 8 nitrogen and oxygen atoms in total. The van der Waals surface area contributed by atoms with Crippen molar-refractivity contribution in [1.82, 2.24) is 0 Å². The van der Waals surface area contributed by atoms with E-state index in [2.05, 4.69) is 5.32 Å². The lowest BCUT2D eigenvalue weighted by Crippen LogP contribution is -2.36. The van der Waals surface area contributed by atoms with Gasteiger partial charge in [0.1, 0.15) is 17.5 Å². The number of nitrogens with two attached hydrogens (primary N) is 1. The van der Waals surface area contributed by atoms with Crippen molar-refractivity contribution in [3.63, 3.8) is 0 Å². The predicted molar refractivity (Wildman–Crippen MR) is 68.1 cm³/mol. The van der Waals surface area contributed by atoms with Crippen LogP contribution >= 0.6 is 0 Å². The van der Waals surface area contributed by atoms with E-state index < -0.39 is 16.9 Å². The quantitative estimate of drug-likeness (QED) is 0.574. The van der Waals surface area contributed by atoms with Crippen molar-refractivity contribution in [2.45, 2.75) is 6.10 Å². The zero-order chi connectivity index (χ0) is 14.4. The summed E-state index contributed by atoms with van der Waals surface area (Å²) in [6.07, 6.45) is -0.860. The molecule has 0 aliphatic heterocycles. The highest BCUT2D eigenvalue weighted by atomic mass is 16.6. The van der Waals surface area contributed by atoms with E-state index in [1.165, 1.54) is 32.4 Å². The number of benzene rings is 1. The van der Waals surface area contributed by atoms with Gasteiger partial charge in [0.2, 0.25) is 0 Å². The number of nitro groups is 1. The molecule has 1 atom stereocenters. The first-order chi connectivity index (χ1) is 9.03. The lowest BCUT2D eigenvalue weighted by molar-refractivity contribution is -0.384. The van der Waals surface area contributed by atoms with Gasteiger partial charge in [0.05, 0.1) is 18.1 Å². The maximum atomic E-state index is 11.7. The highest BCUT2D eigenvalue weighted by Gasteiger charge is 2.21. The number of methoxy groups -OCH3 is 2. The summed E-state index contributed by atoms with van der Waals surface area (Å²) in [5.74, 6) is -0.218. The fourth-order valence-electron chi connectivity index (χ4n) is 1.42. The highest BCUT2D eigenvalue weighted by Crippen LogP contribution is 2.29. The average molecular weight is 269 g/mol. The van der Waals surface area contributed by atoms with E-state index in [1.807, 2.05) is 0 Å². The zero-order valence-electron chi connectivity index (χ0n) is 10.6. The van der Waals surface area contributed by atoms with E-state index >= 15 is 0 Å². The number of ether oxygens (including phenoxy) is 2. The summed E-state index contributed by atoms with van der Waals surface area (Å²) in [5.41, 5.74) is 5.14. The maximum Gasteiger partial charge on any atom is 0.296 e. The maximum absolute atomic E-state index is 11.7. The molecule has 0 aliphatic rings. The number of anilines is 1. The standard InChI is InChI=1S/C11H15N3O5/c1-18-7-3-4-8(9(5-7)14(16)17)13-11(15)10(6-12)19-2/h3-5,10H,6,12H2,1-2H3,(H,13,15). The SMILES string of the molecule is COc1ccc(NC(=O)C(CN)OC)c([N+](=O)[O-])c1. The topological polar surface area (TPSA) is 117 Å². The van der Waals surface area contributed by atoms with Crippen LogP contribution in [0.3, 0.4) is 0 Å². The van der Waals surface area contributed by atoms with Crippen LogP contribution in [0.5, 0.6) is 5.75 Å². The van der Waals surface area contributed by atoms with E-state index in [9.17, 15) is 14.9 Å². The normalized spacial score (nSPS) is 11.7. The van der Waals surface area contributed by atoms with Crippen LogP contribution in [0, 0.1) is 10.1 Å². The third-order valence-electron chi connectivity index (χ3n) is 2.45. The molecule has 0 heterocycles. The molecule has 0 aromatic heterocycles. The van der Waals surface area contributed by atoms with Gasteiger partial charge in [-0.05, 0) is 12.1 Å². The van der Waals surface area contributed by atoms with Crippen molar-refractivity contribution >= 4 is 17.3 Å². The minimum Gasteiger partial charge on any atom is -0.496 e. The molecule has 0 fully saturated rings. The number of hydrogen-bond acceptors (Lipinski definition) is 6. The van der Waals surface area contributed by atoms with E-state index in [0.29, 0.717) is 5.75 Å². The van der Waals surface area contributed by atoms with Gasteiger partial charge in [-0.1, -0.05) is 0 Å². The second kappa shape index (κ2) is 6.66. The molecule has 0 saturated heterocycles. The number of nitrogens with zero attached hydrogens (tertiary/aromatic N) is 1. The Hall–Kier alpha value is -2.19. The Morgan fingerprint density at radius 2 is 2.21 bits per heavy atom. The molecule has 1 rings (SSSR count). The van der Waals surface area contributed by atoms with Crippen molar-refractivity contribution in [2.24, 2.45) is 5.73 Å². The highest BCUT2D eigenvalue weighted by molar-refractivity contribution is 5.96. The summed E-state index contributed by atoms with van der Waals surface area (Å²) in [5, 5.41) is 13.3. The molecule has 0 bridgehead atoms. The monoisotopic (exact) mass is 269 g/mol. The van der Waals surface area contributed by atoms with Crippen molar-refractivity contribution in [3.05, 3.63) is 28.3 Å². The number of carbonyl (C=O) groups excluding carboxylic acids is 1. The van der Waals surface area contributed by atoms with Crippen LogP contribution in [-0.4, -0.2) is 37.7 Å². The number of hydrogen-bond donors (Lipinski definition) is 2. The Balaban J connectivity index is 3.00. The molecule has 19 heavy (non-hydrogen) atoms. The molecule has 0 spiro atoms. The molecule has 8 heteroatoms. The molecule has 0 aliphatic carbocycles. The van der Waals surface area contributed by atoms with Gasteiger partial charge in [0.15, 0.2) is 0 Å². The summed E-state index contributed by atoms with van der Waals surface area (Å²) in [6, 6.07) is 4.12. The molecule has 1 amide bonds. The van der Waals surface area contributed by atoms with Crippen molar-refractivity contribution in [3.8, 4) is 5.75 Å². The van der Waals surface area contributed by atoms with Crippen molar-refractivity contribution in [2.75, 3.05) is 26.1 Å². The van der Waals surface area contributed by atoms with E-state index in [4.69, 9.17) is 15.2 Å². The van der Waals surface area contributed by atoms with Crippen LogP contribution < -0.4 is 15.8 Å². The molecular weight excluding hydrogens is 254 g/mol. The molecular formula is C11H15N3O5. The van der Waals surface area contributed by atoms with Crippen LogP contribution in [0.2, 0.25) is 0 Å². The number of amides is 1. The lowest BCUT2D eigenvalue weighted by Gasteiger charge is -2.13. The minimum absolute atomic E-state index is 0.0215. The summed E-state index contributed by atoms with van der Waals surface area (Å²) in [7, 11) is 2.73. The number of nitrogens with one attached hydrogen (secondary N) is 1. The second-order valence-corrected chi connectivity index (χ2v) is 3.59. The average Bonchev–Trinajstić information content (AvgIpc) is 2.40. The molecule has 3 N–H and O–H groups in total.